The highest BCUT2D eigenvalue weighted by molar-refractivity contribution is 5.66. The van der Waals surface area contributed by atoms with Crippen LogP contribution in [-0.2, 0) is 9.59 Å². The van der Waals surface area contributed by atoms with E-state index in [1.54, 1.807) is 6.92 Å². The average Bonchev–Trinajstić information content (AvgIpc) is 2.55. The molecule has 4 N–H and O–H groups in total. The molecule has 0 aliphatic carbocycles. The third-order valence-corrected chi connectivity index (χ3v) is 3.99. The molecule has 0 heterocycles. The highest BCUT2D eigenvalue weighted by Gasteiger charge is 2.27. The smallest absolute Gasteiger partial charge is 0.303 e. The van der Waals surface area contributed by atoms with E-state index in [0.717, 1.165) is 38.5 Å². The van der Waals surface area contributed by atoms with Crippen molar-refractivity contribution in [3.8, 4) is 0 Å². The highest BCUT2D eigenvalue weighted by Crippen LogP contribution is 2.18. The van der Waals surface area contributed by atoms with E-state index < -0.39 is 23.6 Å². The van der Waals surface area contributed by atoms with E-state index in [-0.39, 0.29) is 0 Å². The lowest BCUT2D eigenvalue weighted by atomic mass is 9.92. The first-order chi connectivity index (χ1) is 11.6. The Morgan fingerprint density at radius 2 is 1.12 bits per heavy atom. The van der Waals surface area contributed by atoms with E-state index >= 15 is 0 Å². The molecule has 0 aromatic rings. The summed E-state index contributed by atoms with van der Waals surface area (Å²) in [7, 11) is 0. The van der Waals surface area contributed by atoms with E-state index in [1.807, 2.05) is 13.8 Å². The average molecular weight is 365 g/mol. The maximum absolute atomic E-state index is 9.87. The molecule has 0 aliphatic heterocycles. The van der Waals surface area contributed by atoms with Crippen molar-refractivity contribution in [3.63, 3.8) is 0 Å². The molecule has 0 spiro atoms. The molecule has 0 aromatic carbocycles. The molecule has 1 atom stereocenters. The zero-order valence-electron chi connectivity index (χ0n) is 16.8. The van der Waals surface area contributed by atoms with E-state index in [1.165, 1.54) is 0 Å². The predicted molar refractivity (Wildman–Crippen MR) is 101 cm³/mol. The Balaban J connectivity index is -0.000000291. The first-order valence-electron chi connectivity index (χ1n) is 9.45. The number of hydrogen-bond acceptors (Lipinski definition) is 4. The second kappa shape index (κ2) is 19.2. The third-order valence-electron chi connectivity index (χ3n) is 3.99. The van der Waals surface area contributed by atoms with Crippen molar-refractivity contribution in [1.82, 2.24) is 0 Å². The Bertz CT molecular complexity index is 291. The van der Waals surface area contributed by atoms with Gasteiger partial charge in [-0.05, 0) is 32.6 Å². The lowest BCUT2D eigenvalue weighted by Gasteiger charge is -2.27. The fourth-order valence-electron chi connectivity index (χ4n) is 1.89. The molecule has 6 heteroatoms. The van der Waals surface area contributed by atoms with Crippen LogP contribution >= 0.6 is 0 Å². The Hall–Kier alpha value is -1.14. The third kappa shape index (κ3) is 22.9. The van der Waals surface area contributed by atoms with E-state index in [2.05, 4.69) is 13.8 Å². The minimum absolute atomic E-state index is 0.327. The summed E-state index contributed by atoms with van der Waals surface area (Å²) in [5, 5.41) is 34.8. The van der Waals surface area contributed by atoms with E-state index in [0.29, 0.717) is 25.7 Å². The summed E-state index contributed by atoms with van der Waals surface area (Å²) in [6.07, 6.45) is 7.16. The number of aliphatic hydroxyl groups is 2. The monoisotopic (exact) mass is 364 g/mol. The van der Waals surface area contributed by atoms with Crippen LogP contribution in [0.5, 0.6) is 0 Å². The number of carboxylic acid groups (broad SMARTS) is 2. The maximum Gasteiger partial charge on any atom is 0.303 e. The molecule has 0 saturated carbocycles. The molecular formula is C19H40O6. The van der Waals surface area contributed by atoms with Crippen LogP contribution in [0.3, 0.4) is 0 Å². The standard InChI is InChI=1S/C7H16O2.2C6H12O2/c1-4-7(9,5-2)6(3)8;2*1-2-3-4-5-6(7)8/h6,8-9H,4-5H2,1-3H3;2*2-5H2,1H3,(H,7,8). The van der Waals surface area contributed by atoms with Gasteiger partial charge in [0.25, 0.3) is 0 Å². The summed E-state index contributed by atoms with van der Waals surface area (Å²) in [5.74, 6) is -1.36. The van der Waals surface area contributed by atoms with Gasteiger partial charge in [-0.3, -0.25) is 9.59 Å². The zero-order valence-corrected chi connectivity index (χ0v) is 16.8. The second-order valence-corrected chi connectivity index (χ2v) is 6.19. The van der Waals surface area contributed by atoms with Crippen LogP contribution in [-0.4, -0.2) is 44.1 Å². The molecule has 25 heavy (non-hydrogen) atoms. The highest BCUT2D eigenvalue weighted by atomic mass is 16.4. The Morgan fingerprint density at radius 1 is 0.800 bits per heavy atom. The number of hydrogen-bond donors (Lipinski definition) is 4. The molecule has 0 radical (unpaired) electrons. The first-order valence-corrected chi connectivity index (χ1v) is 9.45. The lowest BCUT2D eigenvalue weighted by molar-refractivity contribution is -0.138. The van der Waals surface area contributed by atoms with Crippen molar-refractivity contribution in [2.75, 3.05) is 0 Å². The van der Waals surface area contributed by atoms with Crippen LogP contribution in [0.4, 0.5) is 0 Å². The molecule has 0 aromatic heterocycles. The molecule has 0 bridgehead atoms. The molecule has 0 amide bonds. The van der Waals surface area contributed by atoms with Crippen LogP contribution in [0.2, 0.25) is 0 Å². The minimum Gasteiger partial charge on any atom is -0.481 e. The Morgan fingerprint density at radius 3 is 1.24 bits per heavy atom. The minimum atomic E-state index is -0.861. The van der Waals surface area contributed by atoms with Crippen molar-refractivity contribution in [2.45, 2.75) is 111 Å². The van der Waals surface area contributed by atoms with E-state index in [4.69, 9.17) is 15.3 Å². The van der Waals surface area contributed by atoms with Crippen LogP contribution in [0, 0.1) is 0 Å². The normalized spacial score (nSPS) is 11.5. The second-order valence-electron chi connectivity index (χ2n) is 6.19. The quantitative estimate of drug-likeness (QED) is 0.408. The summed E-state index contributed by atoms with van der Waals surface area (Å²) in [6.45, 7) is 9.48. The van der Waals surface area contributed by atoms with Gasteiger partial charge in [-0.2, -0.15) is 0 Å². The van der Waals surface area contributed by atoms with Gasteiger partial charge in [0.05, 0.1) is 11.7 Å². The van der Waals surface area contributed by atoms with Gasteiger partial charge in [-0.25, -0.2) is 0 Å². The van der Waals surface area contributed by atoms with Crippen molar-refractivity contribution < 1.29 is 30.0 Å². The summed E-state index contributed by atoms with van der Waals surface area (Å²) in [6, 6.07) is 0. The van der Waals surface area contributed by atoms with Gasteiger partial charge >= 0.3 is 11.9 Å². The molecule has 0 fully saturated rings. The van der Waals surface area contributed by atoms with Crippen LogP contribution in [0.1, 0.15) is 98.8 Å². The number of aliphatic hydroxyl groups excluding tert-OH is 1. The number of aliphatic carboxylic acids is 2. The number of carbonyl (C=O) groups is 2. The van der Waals surface area contributed by atoms with Crippen LogP contribution in [0.25, 0.3) is 0 Å². The molecule has 0 rings (SSSR count). The van der Waals surface area contributed by atoms with E-state index in [9.17, 15) is 14.7 Å². The molecular weight excluding hydrogens is 324 g/mol. The van der Waals surface area contributed by atoms with Crippen molar-refractivity contribution in [2.24, 2.45) is 0 Å². The molecule has 6 nitrogen and oxygen atoms in total. The summed E-state index contributed by atoms with van der Waals surface area (Å²) in [4.78, 5) is 19.7. The zero-order chi connectivity index (χ0) is 20.3. The first kappa shape index (κ1) is 28.7. The fraction of sp³-hybridized carbons (Fsp3) is 0.895. The van der Waals surface area contributed by atoms with Gasteiger partial charge in [0, 0.05) is 12.8 Å². The largest absolute Gasteiger partial charge is 0.481 e. The fourth-order valence-corrected chi connectivity index (χ4v) is 1.89. The SMILES string of the molecule is CCC(O)(CC)C(C)O.CCCCCC(=O)O.CCCCCC(=O)O. The topological polar surface area (TPSA) is 115 Å². The predicted octanol–water partition coefficient (Wildman–Crippen LogP) is 4.22. The van der Waals surface area contributed by atoms with Crippen molar-refractivity contribution in [3.05, 3.63) is 0 Å². The maximum atomic E-state index is 9.87. The van der Waals surface area contributed by atoms with Gasteiger partial charge < -0.3 is 20.4 Å². The van der Waals surface area contributed by atoms with Crippen LogP contribution in [0.15, 0.2) is 0 Å². The molecule has 1 unspecified atom stereocenters. The Labute approximate surface area is 153 Å². The number of unbranched alkanes of at least 4 members (excludes halogenated alkanes) is 4. The van der Waals surface area contributed by atoms with Gasteiger partial charge in [0.2, 0.25) is 0 Å². The Kier molecular flexibility index (Phi) is 22.0. The molecule has 0 saturated heterocycles. The molecule has 0 aliphatic rings. The summed E-state index contributed by atoms with van der Waals surface area (Å²) >= 11 is 0. The van der Waals surface area contributed by atoms with Gasteiger partial charge in [-0.1, -0.05) is 53.4 Å². The number of rotatable bonds is 11. The van der Waals surface area contributed by atoms with Crippen LogP contribution < -0.4 is 0 Å². The summed E-state index contributed by atoms with van der Waals surface area (Å²) in [5.41, 5.74) is -0.861. The van der Waals surface area contributed by atoms with Crippen molar-refractivity contribution in [1.29, 1.82) is 0 Å². The number of carboxylic acids is 2. The lowest BCUT2D eigenvalue weighted by Crippen LogP contribution is -2.38. The van der Waals surface area contributed by atoms with Crippen molar-refractivity contribution >= 4 is 11.9 Å². The van der Waals surface area contributed by atoms with Gasteiger partial charge in [0.1, 0.15) is 0 Å². The molecule has 152 valence electrons. The summed E-state index contributed by atoms with van der Waals surface area (Å²) < 4.78 is 0. The van der Waals surface area contributed by atoms with Gasteiger partial charge in [0.15, 0.2) is 0 Å². The van der Waals surface area contributed by atoms with Gasteiger partial charge in [-0.15, -0.1) is 0 Å².